The number of nitrogens with one attached hydrogen (secondary N) is 1. The van der Waals surface area contributed by atoms with Gasteiger partial charge in [0, 0.05) is 25.2 Å². The van der Waals surface area contributed by atoms with Gasteiger partial charge in [-0.1, -0.05) is 17.3 Å². The highest BCUT2D eigenvalue weighted by molar-refractivity contribution is 5.90. The first-order valence-corrected chi connectivity index (χ1v) is 6.56. The van der Waals surface area contributed by atoms with Crippen LogP contribution in [-0.2, 0) is 0 Å². The molecule has 2 N–H and O–H groups in total. The second-order valence-electron chi connectivity index (χ2n) is 4.79. The maximum atomic E-state index is 12.0. The number of anilines is 1. The van der Waals surface area contributed by atoms with Gasteiger partial charge in [0.05, 0.1) is 12.6 Å². The number of hydrogen-bond acceptors (Lipinski definition) is 5. The number of urea groups is 1. The summed E-state index contributed by atoms with van der Waals surface area (Å²) in [5, 5.41) is 15.7. The van der Waals surface area contributed by atoms with Crippen molar-refractivity contribution >= 4 is 11.7 Å². The molecule has 112 valence electrons. The van der Waals surface area contributed by atoms with Gasteiger partial charge in [-0.05, 0) is 19.1 Å². The van der Waals surface area contributed by atoms with Crippen molar-refractivity contribution in [1.29, 1.82) is 0 Å². The fraction of sp³-hybridized carbons (Fsp3) is 0.357. The smallest absolute Gasteiger partial charge is 0.321 e. The van der Waals surface area contributed by atoms with Crippen LogP contribution in [0.3, 0.4) is 0 Å². The quantitative estimate of drug-likeness (QED) is 0.897. The summed E-state index contributed by atoms with van der Waals surface area (Å²) in [5.41, 5.74) is 1.37. The minimum atomic E-state index is -0.294. The molecule has 0 aliphatic heterocycles. The summed E-state index contributed by atoms with van der Waals surface area (Å²) >= 11 is 0. The minimum absolute atomic E-state index is 0.0912. The van der Waals surface area contributed by atoms with Crippen LogP contribution in [0.25, 0.3) is 11.4 Å². The molecule has 1 aromatic carbocycles. The fourth-order valence-electron chi connectivity index (χ4n) is 1.69. The summed E-state index contributed by atoms with van der Waals surface area (Å²) in [6, 6.07) is 6.61. The molecular weight excluding hydrogens is 272 g/mol. The van der Waals surface area contributed by atoms with Gasteiger partial charge in [-0.2, -0.15) is 4.98 Å². The lowest BCUT2D eigenvalue weighted by Gasteiger charge is -2.23. The Morgan fingerprint density at radius 2 is 2.29 bits per heavy atom. The number of aliphatic hydroxyl groups excluding tert-OH is 1. The Labute approximate surface area is 122 Å². The van der Waals surface area contributed by atoms with Crippen LogP contribution in [0.1, 0.15) is 12.8 Å². The molecule has 21 heavy (non-hydrogen) atoms. The van der Waals surface area contributed by atoms with Gasteiger partial charge in [0.15, 0.2) is 0 Å². The third-order valence-corrected chi connectivity index (χ3v) is 3.15. The molecule has 0 saturated carbocycles. The predicted octanol–water partition coefficient (Wildman–Crippen LogP) is 1.89. The number of likely N-dealkylation sites (N-methyl/N-ethyl adjacent to an activating group) is 1. The van der Waals surface area contributed by atoms with Crippen LogP contribution >= 0.6 is 0 Å². The van der Waals surface area contributed by atoms with E-state index in [-0.39, 0.29) is 18.7 Å². The molecule has 2 amide bonds. The number of rotatable bonds is 4. The molecule has 0 aliphatic rings. The molecule has 0 spiro atoms. The van der Waals surface area contributed by atoms with Gasteiger partial charge in [-0.3, -0.25) is 0 Å². The number of benzene rings is 1. The number of aliphatic hydroxyl groups is 1. The summed E-state index contributed by atoms with van der Waals surface area (Å²) in [7, 11) is 1.63. The second-order valence-corrected chi connectivity index (χ2v) is 4.79. The summed E-state index contributed by atoms with van der Waals surface area (Å²) < 4.78 is 4.94. The summed E-state index contributed by atoms with van der Waals surface area (Å²) in [6.45, 7) is 3.39. The average Bonchev–Trinajstić information content (AvgIpc) is 2.92. The van der Waals surface area contributed by atoms with Crippen LogP contribution in [0.4, 0.5) is 10.5 Å². The largest absolute Gasteiger partial charge is 0.394 e. The standard InChI is InChI=1S/C14H18N4O3/c1-9(8-19)18(3)14(20)16-12-6-4-5-11(7-12)13-15-10(2)21-17-13/h4-7,9,19H,8H2,1-3H3,(H,16,20). The van der Waals surface area contributed by atoms with E-state index >= 15 is 0 Å². The molecule has 2 aromatic rings. The Morgan fingerprint density at radius 1 is 1.52 bits per heavy atom. The third kappa shape index (κ3) is 3.57. The first-order valence-electron chi connectivity index (χ1n) is 6.56. The Hall–Kier alpha value is -2.41. The molecule has 1 aromatic heterocycles. The first kappa shape index (κ1) is 15.0. The molecule has 0 fully saturated rings. The van der Waals surface area contributed by atoms with E-state index in [4.69, 9.17) is 9.63 Å². The van der Waals surface area contributed by atoms with E-state index in [0.717, 1.165) is 5.56 Å². The number of amides is 2. The van der Waals surface area contributed by atoms with Crippen LogP contribution < -0.4 is 5.32 Å². The van der Waals surface area contributed by atoms with Gasteiger partial charge in [0.1, 0.15) is 0 Å². The first-order chi connectivity index (χ1) is 10.0. The highest BCUT2D eigenvalue weighted by Gasteiger charge is 2.15. The Balaban J connectivity index is 2.13. The molecule has 2 rings (SSSR count). The van der Waals surface area contributed by atoms with E-state index in [1.165, 1.54) is 4.90 Å². The van der Waals surface area contributed by atoms with Gasteiger partial charge < -0.3 is 19.8 Å². The number of carbonyl (C=O) groups is 1. The lowest BCUT2D eigenvalue weighted by atomic mass is 10.2. The molecule has 1 heterocycles. The normalized spacial score (nSPS) is 12.0. The lowest BCUT2D eigenvalue weighted by molar-refractivity contribution is 0.166. The number of aryl methyl sites for hydroxylation is 1. The molecule has 7 heteroatoms. The van der Waals surface area contributed by atoms with Crippen LogP contribution in [0.2, 0.25) is 0 Å². The second kappa shape index (κ2) is 6.36. The van der Waals surface area contributed by atoms with Crippen LogP contribution in [0.15, 0.2) is 28.8 Å². The van der Waals surface area contributed by atoms with Gasteiger partial charge in [0.2, 0.25) is 11.7 Å². The summed E-state index contributed by atoms with van der Waals surface area (Å²) in [4.78, 5) is 17.6. The van der Waals surface area contributed by atoms with E-state index in [9.17, 15) is 4.79 Å². The number of nitrogens with zero attached hydrogens (tertiary/aromatic N) is 3. The minimum Gasteiger partial charge on any atom is -0.394 e. The molecule has 0 bridgehead atoms. The Kier molecular flexibility index (Phi) is 4.54. The lowest BCUT2D eigenvalue weighted by Crippen LogP contribution is -2.40. The van der Waals surface area contributed by atoms with Crippen LogP contribution in [0, 0.1) is 6.92 Å². The van der Waals surface area contributed by atoms with E-state index in [1.54, 1.807) is 39.1 Å². The molecule has 0 aliphatic carbocycles. The van der Waals surface area contributed by atoms with Crippen molar-refractivity contribution < 1.29 is 14.4 Å². The molecule has 0 saturated heterocycles. The SMILES string of the molecule is Cc1nc(-c2cccc(NC(=O)N(C)C(C)CO)c2)no1. The molecule has 1 unspecified atom stereocenters. The third-order valence-electron chi connectivity index (χ3n) is 3.15. The van der Waals surface area contributed by atoms with Crippen LogP contribution in [-0.4, -0.2) is 45.9 Å². The highest BCUT2D eigenvalue weighted by atomic mass is 16.5. The predicted molar refractivity (Wildman–Crippen MR) is 77.8 cm³/mol. The van der Waals surface area contributed by atoms with Crippen molar-refractivity contribution in [3.63, 3.8) is 0 Å². The number of carbonyl (C=O) groups excluding carboxylic acids is 1. The maximum absolute atomic E-state index is 12.0. The van der Waals surface area contributed by atoms with Gasteiger partial charge >= 0.3 is 6.03 Å². The van der Waals surface area contributed by atoms with E-state index in [2.05, 4.69) is 15.5 Å². The van der Waals surface area contributed by atoms with Gasteiger partial charge in [-0.25, -0.2) is 4.79 Å². The van der Waals surface area contributed by atoms with Crippen molar-refractivity contribution in [3.05, 3.63) is 30.2 Å². The number of aromatic nitrogens is 2. The molecule has 1 atom stereocenters. The van der Waals surface area contributed by atoms with E-state index in [1.807, 2.05) is 6.07 Å². The Bertz CT molecular complexity index is 626. The van der Waals surface area contributed by atoms with E-state index < -0.39 is 0 Å². The zero-order chi connectivity index (χ0) is 15.4. The van der Waals surface area contributed by atoms with Crippen molar-refractivity contribution in [2.24, 2.45) is 0 Å². The zero-order valence-electron chi connectivity index (χ0n) is 12.2. The highest BCUT2D eigenvalue weighted by Crippen LogP contribution is 2.20. The average molecular weight is 290 g/mol. The van der Waals surface area contributed by atoms with Crippen molar-refractivity contribution in [2.45, 2.75) is 19.9 Å². The van der Waals surface area contributed by atoms with Gasteiger partial charge in [0.25, 0.3) is 0 Å². The van der Waals surface area contributed by atoms with Crippen molar-refractivity contribution in [3.8, 4) is 11.4 Å². The Morgan fingerprint density at radius 3 is 2.90 bits per heavy atom. The molecule has 0 radical (unpaired) electrons. The molecular formula is C14H18N4O3. The summed E-state index contributed by atoms with van der Waals surface area (Å²) in [5.74, 6) is 0.955. The van der Waals surface area contributed by atoms with Crippen LogP contribution in [0.5, 0.6) is 0 Å². The molecule has 7 nitrogen and oxygen atoms in total. The number of hydrogen-bond donors (Lipinski definition) is 2. The van der Waals surface area contributed by atoms with E-state index in [0.29, 0.717) is 17.4 Å². The monoisotopic (exact) mass is 290 g/mol. The van der Waals surface area contributed by atoms with Crippen molar-refractivity contribution in [2.75, 3.05) is 19.0 Å². The van der Waals surface area contributed by atoms with Crippen molar-refractivity contribution in [1.82, 2.24) is 15.0 Å². The zero-order valence-corrected chi connectivity index (χ0v) is 12.2. The maximum Gasteiger partial charge on any atom is 0.321 e. The summed E-state index contributed by atoms with van der Waals surface area (Å²) in [6.07, 6.45) is 0. The fourth-order valence-corrected chi connectivity index (χ4v) is 1.69. The van der Waals surface area contributed by atoms with Gasteiger partial charge in [-0.15, -0.1) is 0 Å². The topological polar surface area (TPSA) is 91.5 Å².